The van der Waals surface area contributed by atoms with E-state index in [1.54, 1.807) is 19.2 Å². The molecule has 5 heteroatoms. The van der Waals surface area contributed by atoms with Crippen LogP contribution in [0.5, 0.6) is 0 Å². The molecule has 5 rings (SSSR count). The van der Waals surface area contributed by atoms with E-state index in [1.807, 2.05) is 18.2 Å². The Morgan fingerprint density at radius 3 is 2.35 bits per heavy atom. The molecule has 0 fully saturated rings. The summed E-state index contributed by atoms with van der Waals surface area (Å²) in [6, 6.07) is 17.3. The lowest BCUT2D eigenvalue weighted by molar-refractivity contribution is -0.137. The summed E-state index contributed by atoms with van der Waals surface area (Å²) in [6.07, 6.45) is -2.61. The van der Waals surface area contributed by atoms with E-state index in [-0.39, 0.29) is 5.56 Å². The van der Waals surface area contributed by atoms with Gasteiger partial charge in [-0.15, -0.1) is 11.3 Å². The fourth-order valence-electron chi connectivity index (χ4n) is 4.37. The lowest BCUT2D eigenvalue weighted by Crippen LogP contribution is -2.06. The highest BCUT2D eigenvalue weighted by atomic mass is 32.1. The molecule has 1 nitrogen and oxygen atoms in total. The van der Waals surface area contributed by atoms with Crippen LogP contribution < -0.4 is 0 Å². The van der Waals surface area contributed by atoms with Crippen molar-refractivity contribution in [2.75, 3.05) is 0 Å². The minimum atomic E-state index is -4.36. The molecular weight excluding hydrogens is 415 g/mol. The minimum absolute atomic E-state index is 0.276. The van der Waals surface area contributed by atoms with Gasteiger partial charge in [0.15, 0.2) is 0 Å². The van der Waals surface area contributed by atoms with Crippen molar-refractivity contribution in [3.63, 3.8) is 0 Å². The molecule has 0 aliphatic heterocycles. The summed E-state index contributed by atoms with van der Waals surface area (Å²) in [5.41, 5.74) is 2.75. The summed E-state index contributed by atoms with van der Waals surface area (Å²) in [6.45, 7) is 5.89. The number of pyridine rings is 1. The van der Waals surface area contributed by atoms with Crippen molar-refractivity contribution in [1.82, 2.24) is 4.98 Å². The molecule has 31 heavy (non-hydrogen) atoms. The zero-order valence-electron chi connectivity index (χ0n) is 17.3. The molecule has 0 radical (unpaired) electrons. The van der Waals surface area contributed by atoms with Gasteiger partial charge in [-0.2, -0.15) is 13.2 Å². The Hall–Kier alpha value is -2.92. The van der Waals surface area contributed by atoms with Crippen LogP contribution in [0, 0.1) is 6.92 Å². The van der Waals surface area contributed by atoms with Crippen LogP contribution in [0.15, 0.2) is 60.8 Å². The molecule has 0 saturated carbocycles. The number of aromatic nitrogens is 1. The molecule has 0 saturated heterocycles. The number of rotatable bonds is 2. The fraction of sp³-hybridized carbons (Fsp3) is 0.192. The van der Waals surface area contributed by atoms with Crippen molar-refractivity contribution in [1.29, 1.82) is 0 Å². The highest BCUT2D eigenvalue weighted by Gasteiger charge is 2.33. The van der Waals surface area contributed by atoms with Gasteiger partial charge >= 0.3 is 6.18 Å². The molecule has 0 atom stereocenters. The van der Waals surface area contributed by atoms with Crippen LogP contribution >= 0.6 is 11.3 Å². The summed E-state index contributed by atoms with van der Waals surface area (Å²) in [7, 11) is 0. The third kappa shape index (κ3) is 3.19. The molecular formula is C26H20F3NS. The normalized spacial score (nSPS) is 12.5. The standard InChI is InChI=1S/C26H20F3NS/c1-14(2)21-13-17(12-16-6-4-5-7-18(16)21)23-25-20(10-11-30-23)19-8-9-22(26(27,28)29)15(3)24(19)31-25/h4-14H,1-3H3. The highest BCUT2D eigenvalue weighted by Crippen LogP contribution is 2.44. The van der Waals surface area contributed by atoms with Gasteiger partial charge < -0.3 is 0 Å². The summed E-state index contributed by atoms with van der Waals surface area (Å²) < 4.78 is 41.9. The molecule has 0 N–H and O–H groups in total. The average molecular weight is 436 g/mol. The quantitative estimate of drug-likeness (QED) is 0.270. The monoisotopic (exact) mass is 435 g/mol. The number of hydrogen-bond acceptors (Lipinski definition) is 2. The smallest absolute Gasteiger partial charge is 0.255 e. The van der Waals surface area contributed by atoms with Gasteiger partial charge in [0.1, 0.15) is 0 Å². The molecule has 156 valence electrons. The maximum atomic E-state index is 13.4. The van der Waals surface area contributed by atoms with Gasteiger partial charge in [-0.05, 0) is 59.0 Å². The van der Waals surface area contributed by atoms with Crippen LogP contribution in [0.1, 0.15) is 36.5 Å². The first kappa shape index (κ1) is 20.0. The second-order valence-electron chi connectivity index (χ2n) is 8.19. The van der Waals surface area contributed by atoms with Gasteiger partial charge in [0.05, 0.1) is 16.0 Å². The molecule has 2 heterocycles. The molecule has 3 aromatic carbocycles. The first-order chi connectivity index (χ1) is 14.8. The van der Waals surface area contributed by atoms with Gasteiger partial charge in [0, 0.05) is 27.2 Å². The molecule has 2 aromatic heterocycles. The van der Waals surface area contributed by atoms with E-state index in [2.05, 4.69) is 43.1 Å². The zero-order valence-corrected chi connectivity index (χ0v) is 18.2. The van der Waals surface area contributed by atoms with Gasteiger partial charge in [-0.1, -0.05) is 44.2 Å². The average Bonchev–Trinajstić information content (AvgIpc) is 3.12. The van der Waals surface area contributed by atoms with E-state index >= 15 is 0 Å². The van der Waals surface area contributed by atoms with Crippen LogP contribution in [0.2, 0.25) is 0 Å². The van der Waals surface area contributed by atoms with Gasteiger partial charge in [0.25, 0.3) is 0 Å². The predicted octanol–water partition coefficient (Wildman–Crippen LogP) is 8.72. The van der Waals surface area contributed by atoms with E-state index in [4.69, 9.17) is 0 Å². The number of halogens is 3. The van der Waals surface area contributed by atoms with Crippen LogP contribution in [0.4, 0.5) is 13.2 Å². The third-order valence-corrected chi connectivity index (χ3v) is 7.25. The Labute approximate surface area is 182 Å². The molecule has 0 spiro atoms. The Balaban J connectivity index is 1.82. The number of nitrogens with zero attached hydrogens (tertiary/aromatic N) is 1. The molecule has 0 aliphatic carbocycles. The van der Waals surface area contributed by atoms with E-state index in [9.17, 15) is 13.2 Å². The van der Waals surface area contributed by atoms with E-state index < -0.39 is 11.7 Å². The van der Waals surface area contributed by atoms with E-state index in [0.717, 1.165) is 32.1 Å². The lowest BCUT2D eigenvalue weighted by atomic mass is 9.92. The second-order valence-corrected chi connectivity index (χ2v) is 9.21. The van der Waals surface area contributed by atoms with Crippen LogP contribution in [0.25, 0.3) is 42.2 Å². The Kier molecular flexibility index (Phi) is 4.56. The number of thiophene rings is 1. The summed E-state index contributed by atoms with van der Waals surface area (Å²) >= 11 is 1.40. The number of alkyl halides is 3. The largest absolute Gasteiger partial charge is 0.416 e. The van der Waals surface area contributed by atoms with E-state index in [1.165, 1.54) is 28.4 Å². The lowest BCUT2D eigenvalue weighted by Gasteiger charge is -2.13. The fourth-order valence-corrected chi connectivity index (χ4v) is 5.68. The third-order valence-electron chi connectivity index (χ3n) is 5.90. The number of aryl methyl sites for hydroxylation is 1. The Morgan fingerprint density at radius 2 is 1.61 bits per heavy atom. The molecule has 5 aromatic rings. The van der Waals surface area contributed by atoms with Crippen molar-refractivity contribution in [2.45, 2.75) is 32.9 Å². The summed E-state index contributed by atoms with van der Waals surface area (Å²) in [4.78, 5) is 4.67. The SMILES string of the molecule is Cc1c(C(F)(F)F)ccc2c1sc1c(-c3cc(C(C)C)c4ccccc4c3)nccc12. The second kappa shape index (κ2) is 7.06. The Morgan fingerprint density at radius 1 is 0.871 bits per heavy atom. The Bertz CT molecular complexity index is 1460. The van der Waals surface area contributed by atoms with Crippen molar-refractivity contribution in [2.24, 2.45) is 0 Å². The molecule has 0 unspecified atom stereocenters. The van der Waals surface area contributed by atoms with Gasteiger partial charge in [-0.25, -0.2) is 0 Å². The van der Waals surface area contributed by atoms with Crippen molar-refractivity contribution >= 4 is 42.3 Å². The minimum Gasteiger partial charge on any atom is -0.255 e. The van der Waals surface area contributed by atoms with Gasteiger partial charge in [0.2, 0.25) is 0 Å². The first-order valence-electron chi connectivity index (χ1n) is 10.2. The molecule has 0 bridgehead atoms. The first-order valence-corrected chi connectivity index (χ1v) is 11.0. The maximum absolute atomic E-state index is 13.4. The highest BCUT2D eigenvalue weighted by molar-refractivity contribution is 7.26. The number of hydrogen-bond donors (Lipinski definition) is 0. The number of fused-ring (bicyclic) bond motifs is 4. The van der Waals surface area contributed by atoms with Crippen LogP contribution in [-0.2, 0) is 6.18 Å². The van der Waals surface area contributed by atoms with Crippen LogP contribution in [0.3, 0.4) is 0 Å². The number of benzene rings is 3. The van der Waals surface area contributed by atoms with Crippen molar-refractivity contribution in [3.8, 4) is 11.3 Å². The summed E-state index contributed by atoms with van der Waals surface area (Å²) in [5.74, 6) is 0.336. The van der Waals surface area contributed by atoms with Gasteiger partial charge in [-0.3, -0.25) is 4.98 Å². The molecule has 0 aliphatic rings. The topological polar surface area (TPSA) is 12.9 Å². The summed E-state index contributed by atoms with van der Waals surface area (Å²) in [5, 5.41) is 4.15. The van der Waals surface area contributed by atoms with Crippen molar-refractivity contribution < 1.29 is 13.2 Å². The zero-order chi connectivity index (χ0) is 21.9. The van der Waals surface area contributed by atoms with Crippen LogP contribution in [-0.4, -0.2) is 4.98 Å². The van der Waals surface area contributed by atoms with Crippen molar-refractivity contribution in [3.05, 3.63) is 77.5 Å². The molecule has 0 amide bonds. The predicted molar refractivity (Wildman–Crippen MR) is 124 cm³/mol. The van der Waals surface area contributed by atoms with E-state index in [0.29, 0.717) is 10.6 Å². The maximum Gasteiger partial charge on any atom is 0.416 e.